The normalized spacial score (nSPS) is 11.1. The van der Waals surface area contributed by atoms with Crippen LogP contribution in [0.3, 0.4) is 0 Å². The molecular formula is C10H12ClNO4S2. The van der Waals surface area contributed by atoms with E-state index in [4.69, 9.17) is 11.6 Å². The number of hydrogen-bond acceptors (Lipinski definition) is 5. The number of carbonyl (C=O) groups excluding carboxylic acids is 1. The average Bonchev–Trinajstić information content (AvgIpc) is 2.31. The van der Waals surface area contributed by atoms with Crippen molar-refractivity contribution >= 4 is 39.5 Å². The second kappa shape index (κ2) is 5.81. The Bertz CT molecular complexity index is 571. The highest BCUT2D eigenvalue weighted by atomic mass is 35.5. The molecule has 1 aromatic rings. The van der Waals surface area contributed by atoms with E-state index in [9.17, 15) is 13.2 Å². The summed E-state index contributed by atoms with van der Waals surface area (Å²) in [5.74, 6) is 0. The number of hydrogen-bond donors (Lipinski definition) is 1. The van der Waals surface area contributed by atoms with E-state index in [1.807, 2.05) is 0 Å². The first-order chi connectivity index (χ1) is 8.31. The summed E-state index contributed by atoms with van der Waals surface area (Å²) in [4.78, 5) is 11.5. The van der Waals surface area contributed by atoms with Gasteiger partial charge in [0.15, 0.2) is 0 Å². The summed E-state index contributed by atoms with van der Waals surface area (Å²) < 4.78 is 30.0. The lowest BCUT2D eigenvalue weighted by Gasteiger charge is -2.11. The lowest BCUT2D eigenvalue weighted by molar-refractivity contribution is 0.177. The molecule has 1 N–H and O–H groups in total. The van der Waals surface area contributed by atoms with Crippen molar-refractivity contribution in [3.8, 4) is 0 Å². The lowest BCUT2D eigenvalue weighted by Crippen LogP contribution is -2.30. The molecule has 0 saturated heterocycles. The van der Waals surface area contributed by atoms with Crippen LogP contribution in [-0.2, 0) is 14.8 Å². The topological polar surface area (TPSA) is 72.5 Å². The maximum Gasteiger partial charge on any atom is 0.420 e. The van der Waals surface area contributed by atoms with Gasteiger partial charge in [-0.15, -0.1) is 11.8 Å². The van der Waals surface area contributed by atoms with Crippen LogP contribution in [0.4, 0.5) is 4.79 Å². The van der Waals surface area contributed by atoms with Crippen molar-refractivity contribution in [2.45, 2.75) is 16.7 Å². The maximum absolute atomic E-state index is 12.0. The molecule has 1 amide bonds. The summed E-state index contributed by atoms with van der Waals surface area (Å²) >= 11 is 7.15. The Labute approximate surface area is 115 Å². The Morgan fingerprint density at radius 1 is 1.44 bits per heavy atom. The van der Waals surface area contributed by atoms with Crippen molar-refractivity contribution in [1.29, 1.82) is 0 Å². The number of amides is 1. The molecule has 0 atom stereocenters. The van der Waals surface area contributed by atoms with Crippen LogP contribution >= 0.6 is 23.4 Å². The summed E-state index contributed by atoms with van der Waals surface area (Å²) in [6, 6.07) is 2.97. The van der Waals surface area contributed by atoms with Gasteiger partial charge in [-0.25, -0.2) is 17.9 Å². The molecular weight excluding hydrogens is 298 g/mol. The summed E-state index contributed by atoms with van der Waals surface area (Å²) in [6.45, 7) is 1.68. The van der Waals surface area contributed by atoms with E-state index in [2.05, 4.69) is 4.74 Å². The zero-order valence-corrected chi connectivity index (χ0v) is 12.4. The molecule has 100 valence electrons. The van der Waals surface area contributed by atoms with Crippen molar-refractivity contribution in [2.75, 3.05) is 13.4 Å². The number of methoxy groups -OCH3 is 1. The van der Waals surface area contributed by atoms with E-state index < -0.39 is 16.1 Å². The molecule has 0 aliphatic rings. The fourth-order valence-corrected chi connectivity index (χ4v) is 3.58. The van der Waals surface area contributed by atoms with Crippen LogP contribution in [0.5, 0.6) is 0 Å². The van der Waals surface area contributed by atoms with Gasteiger partial charge in [-0.3, -0.25) is 0 Å². The Balaban J connectivity index is 3.31. The minimum absolute atomic E-state index is 0.00213. The molecule has 5 nitrogen and oxygen atoms in total. The SMILES string of the molecule is COC(=O)NS(=O)(=O)c1cc(C)c(Cl)cc1SC. The molecule has 0 radical (unpaired) electrons. The van der Waals surface area contributed by atoms with Gasteiger partial charge in [-0.2, -0.15) is 0 Å². The van der Waals surface area contributed by atoms with E-state index >= 15 is 0 Å². The van der Waals surface area contributed by atoms with Crippen molar-refractivity contribution in [3.63, 3.8) is 0 Å². The largest absolute Gasteiger partial charge is 0.452 e. The van der Waals surface area contributed by atoms with Crippen molar-refractivity contribution in [1.82, 2.24) is 4.72 Å². The van der Waals surface area contributed by atoms with Crippen LogP contribution < -0.4 is 4.72 Å². The van der Waals surface area contributed by atoms with E-state index in [0.29, 0.717) is 15.5 Å². The first-order valence-electron chi connectivity index (χ1n) is 4.76. The predicted octanol–water partition coefficient (Wildman–Crippen LogP) is 2.42. The standard InChI is InChI=1S/C10H12ClNO4S2/c1-6-4-9(8(17-3)5-7(6)11)18(14,15)12-10(13)16-2/h4-5H,1-3H3,(H,12,13). The number of rotatable bonds is 3. The molecule has 0 aromatic heterocycles. The number of nitrogens with one attached hydrogen (secondary N) is 1. The molecule has 1 rings (SSSR count). The molecule has 0 spiro atoms. The molecule has 18 heavy (non-hydrogen) atoms. The zero-order chi connectivity index (χ0) is 13.9. The van der Waals surface area contributed by atoms with E-state index in [1.54, 1.807) is 24.0 Å². The van der Waals surface area contributed by atoms with Gasteiger partial charge in [-0.05, 0) is 30.9 Å². The predicted molar refractivity (Wildman–Crippen MR) is 70.7 cm³/mol. The number of carbonyl (C=O) groups is 1. The third-order valence-corrected chi connectivity index (χ3v) is 4.80. The highest BCUT2D eigenvalue weighted by molar-refractivity contribution is 7.99. The molecule has 0 aliphatic heterocycles. The lowest BCUT2D eigenvalue weighted by atomic mass is 10.2. The van der Waals surface area contributed by atoms with Gasteiger partial charge >= 0.3 is 6.09 Å². The Morgan fingerprint density at radius 2 is 2.06 bits per heavy atom. The van der Waals surface area contributed by atoms with Crippen LogP contribution in [0.2, 0.25) is 5.02 Å². The van der Waals surface area contributed by atoms with E-state index in [-0.39, 0.29) is 4.90 Å². The van der Waals surface area contributed by atoms with Gasteiger partial charge in [0, 0.05) is 9.92 Å². The molecule has 0 saturated carbocycles. The molecule has 1 aromatic carbocycles. The first kappa shape index (κ1) is 15.1. The fourth-order valence-electron chi connectivity index (χ4n) is 1.21. The third-order valence-electron chi connectivity index (χ3n) is 2.14. The third kappa shape index (κ3) is 3.30. The van der Waals surface area contributed by atoms with Gasteiger partial charge in [-0.1, -0.05) is 11.6 Å². The summed E-state index contributed by atoms with van der Waals surface area (Å²) in [7, 11) is -2.87. The Morgan fingerprint density at radius 3 is 2.56 bits per heavy atom. The van der Waals surface area contributed by atoms with Crippen LogP contribution in [0, 0.1) is 6.92 Å². The Hall–Kier alpha value is -0.920. The van der Waals surface area contributed by atoms with Gasteiger partial charge in [0.1, 0.15) is 4.90 Å². The number of ether oxygens (including phenoxy) is 1. The van der Waals surface area contributed by atoms with Crippen LogP contribution in [-0.4, -0.2) is 27.9 Å². The quantitative estimate of drug-likeness (QED) is 0.868. The number of sulfonamides is 1. The number of benzene rings is 1. The molecule has 0 unspecified atom stereocenters. The van der Waals surface area contributed by atoms with Crippen LogP contribution in [0.1, 0.15) is 5.56 Å². The number of halogens is 1. The minimum atomic E-state index is -3.96. The number of thioether (sulfide) groups is 1. The molecule has 0 aliphatic carbocycles. The van der Waals surface area contributed by atoms with Gasteiger partial charge in [0.05, 0.1) is 7.11 Å². The van der Waals surface area contributed by atoms with Gasteiger partial charge in [0.25, 0.3) is 10.0 Å². The Kier molecular flexibility index (Phi) is 4.89. The van der Waals surface area contributed by atoms with Crippen molar-refractivity contribution < 1.29 is 17.9 Å². The second-order valence-electron chi connectivity index (χ2n) is 3.35. The molecule has 0 bridgehead atoms. The smallest absolute Gasteiger partial charge is 0.420 e. The fraction of sp³-hybridized carbons (Fsp3) is 0.300. The van der Waals surface area contributed by atoms with Gasteiger partial charge < -0.3 is 4.74 Å². The van der Waals surface area contributed by atoms with Gasteiger partial charge in [0.2, 0.25) is 0 Å². The second-order valence-corrected chi connectivity index (χ2v) is 6.26. The highest BCUT2D eigenvalue weighted by Gasteiger charge is 2.22. The molecule has 0 heterocycles. The zero-order valence-electron chi connectivity index (χ0n) is 9.98. The van der Waals surface area contributed by atoms with E-state index in [0.717, 1.165) is 7.11 Å². The summed E-state index contributed by atoms with van der Waals surface area (Å²) in [6.07, 6.45) is 0.688. The van der Waals surface area contributed by atoms with Crippen molar-refractivity contribution in [3.05, 3.63) is 22.7 Å². The highest BCUT2D eigenvalue weighted by Crippen LogP contribution is 2.30. The van der Waals surface area contributed by atoms with Crippen molar-refractivity contribution in [2.24, 2.45) is 0 Å². The average molecular weight is 310 g/mol. The summed E-state index contributed by atoms with van der Waals surface area (Å²) in [5.41, 5.74) is 0.611. The summed E-state index contributed by atoms with van der Waals surface area (Å²) in [5, 5.41) is 0.469. The monoisotopic (exact) mass is 309 g/mol. The van der Waals surface area contributed by atoms with Crippen LogP contribution in [0.15, 0.2) is 21.9 Å². The number of aryl methyl sites for hydroxylation is 1. The maximum atomic E-state index is 12.0. The molecule has 0 fully saturated rings. The van der Waals surface area contributed by atoms with E-state index in [1.165, 1.54) is 17.8 Å². The minimum Gasteiger partial charge on any atom is -0.452 e. The molecule has 8 heteroatoms. The van der Waals surface area contributed by atoms with Crippen LogP contribution in [0.25, 0.3) is 0 Å². The first-order valence-corrected chi connectivity index (χ1v) is 7.85.